The molecule has 2 N–H and O–H groups in total. The van der Waals surface area contributed by atoms with Crippen molar-refractivity contribution in [1.82, 2.24) is 19.6 Å². The van der Waals surface area contributed by atoms with Crippen LogP contribution in [0.15, 0.2) is 96.4 Å². The summed E-state index contributed by atoms with van der Waals surface area (Å²) in [5.41, 5.74) is 2.65. The number of imidazole rings is 1. The van der Waals surface area contributed by atoms with E-state index in [1.165, 1.54) is 30.3 Å². The van der Waals surface area contributed by atoms with E-state index in [2.05, 4.69) is 21.9 Å². The molecular weight excluding hydrogens is 484 g/mol. The van der Waals surface area contributed by atoms with E-state index in [1.807, 2.05) is 54.6 Å². The van der Waals surface area contributed by atoms with Gasteiger partial charge in [-0.1, -0.05) is 60.1 Å². The number of rotatable bonds is 10. The van der Waals surface area contributed by atoms with Crippen LogP contribution in [0.25, 0.3) is 11.0 Å². The van der Waals surface area contributed by atoms with E-state index < -0.39 is 22.0 Å². The number of fused-ring (bicyclic) bond motifs is 1. The Morgan fingerprint density at radius 2 is 1.74 bits per heavy atom. The molecule has 1 heterocycles. The summed E-state index contributed by atoms with van der Waals surface area (Å²) in [6.45, 7) is 3.25. The van der Waals surface area contributed by atoms with Crippen LogP contribution in [0.1, 0.15) is 17.4 Å². The molecule has 0 spiro atoms. The third kappa shape index (κ3) is 5.97. The van der Waals surface area contributed by atoms with Gasteiger partial charge >= 0.3 is 0 Å². The molecule has 0 saturated heterocycles. The molecule has 0 saturated carbocycles. The van der Waals surface area contributed by atoms with Crippen LogP contribution in [0.4, 0.5) is 0 Å². The number of nitrogens with zero attached hydrogens (tertiary/aromatic N) is 2. The topological polar surface area (TPSA) is 95.2 Å². The van der Waals surface area contributed by atoms with Gasteiger partial charge in [0, 0.05) is 11.6 Å². The number of amides is 1. The average molecular weight is 509 g/mol. The van der Waals surface area contributed by atoms with Crippen molar-refractivity contribution in [3.05, 3.63) is 108 Å². The molecule has 4 aromatic rings. The fourth-order valence-corrected chi connectivity index (χ4v) is 5.24. The molecule has 1 amide bonds. The molecular formula is C26H25ClN4O3S. The summed E-state index contributed by atoms with van der Waals surface area (Å²) in [4.78, 5) is 21.1. The van der Waals surface area contributed by atoms with Gasteiger partial charge in [-0.15, -0.1) is 6.58 Å². The first kappa shape index (κ1) is 24.7. The van der Waals surface area contributed by atoms with Crippen LogP contribution in [0.2, 0.25) is 5.02 Å². The van der Waals surface area contributed by atoms with Gasteiger partial charge in [0.05, 0.1) is 28.5 Å². The SMILES string of the molecule is C=CCN(CC(=O)N[C@@H](Cc1ccccc1)c1nc2ccccc2[nH]1)S(=O)(=O)c1ccc(Cl)cc1. The molecule has 0 aliphatic carbocycles. The number of H-pyrrole nitrogens is 1. The summed E-state index contributed by atoms with van der Waals surface area (Å²) < 4.78 is 27.4. The van der Waals surface area contributed by atoms with Gasteiger partial charge in [-0.2, -0.15) is 4.31 Å². The van der Waals surface area contributed by atoms with Crippen molar-refractivity contribution in [3.8, 4) is 0 Å². The quantitative estimate of drug-likeness (QED) is 0.308. The zero-order valence-corrected chi connectivity index (χ0v) is 20.5. The molecule has 0 aliphatic heterocycles. The zero-order valence-electron chi connectivity index (χ0n) is 18.9. The summed E-state index contributed by atoms with van der Waals surface area (Å²) in [5.74, 6) is 0.144. The second kappa shape index (κ2) is 10.9. The monoisotopic (exact) mass is 508 g/mol. The van der Waals surface area contributed by atoms with E-state index >= 15 is 0 Å². The molecule has 0 radical (unpaired) electrons. The summed E-state index contributed by atoms with van der Waals surface area (Å²) in [7, 11) is -3.94. The Bertz CT molecular complexity index is 1390. The Morgan fingerprint density at radius 1 is 1.06 bits per heavy atom. The highest BCUT2D eigenvalue weighted by Gasteiger charge is 2.27. The lowest BCUT2D eigenvalue weighted by Gasteiger charge is -2.22. The number of hydrogen-bond acceptors (Lipinski definition) is 4. The number of aromatic amines is 1. The van der Waals surface area contributed by atoms with Gasteiger partial charge in [0.15, 0.2) is 0 Å². The maximum atomic E-state index is 13.2. The van der Waals surface area contributed by atoms with Crippen LogP contribution >= 0.6 is 11.6 Å². The number of sulfonamides is 1. The molecule has 3 aromatic carbocycles. The lowest BCUT2D eigenvalue weighted by atomic mass is 10.1. The average Bonchev–Trinajstić information content (AvgIpc) is 3.29. The first-order valence-electron chi connectivity index (χ1n) is 11.0. The predicted molar refractivity (Wildman–Crippen MR) is 138 cm³/mol. The summed E-state index contributed by atoms with van der Waals surface area (Å²) in [6, 6.07) is 22.7. The first-order valence-corrected chi connectivity index (χ1v) is 12.8. The van der Waals surface area contributed by atoms with Gasteiger partial charge in [-0.05, 0) is 48.4 Å². The highest BCUT2D eigenvalue weighted by Crippen LogP contribution is 2.21. The van der Waals surface area contributed by atoms with Crippen molar-refractivity contribution in [2.75, 3.05) is 13.1 Å². The third-order valence-corrected chi connectivity index (χ3v) is 7.54. The normalized spacial score (nSPS) is 12.5. The number of benzene rings is 3. The minimum Gasteiger partial charge on any atom is -0.345 e. The number of aromatic nitrogens is 2. The Hall–Kier alpha value is -3.46. The van der Waals surface area contributed by atoms with Crippen molar-refractivity contribution in [2.24, 2.45) is 0 Å². The number of carbonyl (C=O) groups is 1. The molecule has 0 unspecified atom stereocenters. The second-order valence-electron chi connectivity index (χ2n) is 7.99. The molecule has 1 aromatic heterocycles. The van der Waals surface area contributed by atoms with Gasteiger partial charge < -0.3 is 10.3 Å². The van der Waals surface area contributed by atoms with Gasteiger partial charge in [0.2, 0.25) is 15.9 Å². The Labute approximate surface area is 209 Å². The summed E-state index contributed by atoms with van der Waals surface area (Å²) in [5, 5.41) is 3.39. The number of halogens is 1. The lowest BCUT2D eigenvalue weighted by molar-refractivity contribution is -0.122. The number of hydrogen-bond donors (Lipinski definition) is 2. The maximum Gasteiger partial charge on any atom is 0.243 e. The molecule has 4 rings (SSSR count). The van der Waals surface area contributed by atoms with Crippen molar-refractivity contribution < 1.29 is 13.2 Å². The molecule has 0 aliphatic rings. The number of carbonyl (C=O) groups excluding carboxylic acids is 1. The van der Waals surface area contributed by atoms with E-state index in [0.717, 1.165) is 20.9 Å². The third-order valence-electron chi connectivity index (χ3n) is 5.46. The Balaban J connectivity index is 1.58. The lowest BCUT2D eigenvalue weighted by Crippen LogP contribution is -2.42. The van der Waals surface area contributed by atoms with Crippen molar-refractivity contribution in [1.29, 1.82) is 0 Å². The predicted octanol–water partition coefficient (Wildman–Crippen LogP) is 4.49. The number of para-hydroxylation sites is 2. The van der Waals surface area contributed by atoms with Crippen molar-refractivity contribution in [2.45, 2.75) is 17.4 Å². The highest BCUT2D eigenvalue weighted by atomic mass is 35.5. The van der Waals surface area contributed by atoms with Crippen molar-refractivity contribution >= 4 is 38.6 Å². The minimum atomic E-state index is -3.94. The highest BCUT2D eigenvalue weighted by molar-refractivity contribution is 7.89. The molecule has 35 heavy (non-hydrogen) atoms. The van der Waals surface area contributed by atoms with Crippen LogP contribution in [0.5, 0.6) is 0 Å². The summed E-state index contributed by atoms with van der Waals surface area (Å²) >= 11 is 5.90. The van der Waals surface area contributed by atoms with Crippen LogP contribution in [0.3, 0.4) is 0 Å². The van der Waals surface area contributed by atoms with E-state index in [-0.39, 0.29) is 18.0 Å². The smallest absolute Gasteiger partial charge is 0.243 e. The van der Waals surface area contributed by atoms with Gasteiger partial charge in [0.1, 0.15) is 5.82 Å². The van der Waals surface area contributed by atoms with E-state index in [1.54, 1.807) is 0 Å². The standard InChI is InChI=1S/C26H25ClN4O3S/c1-2-16-31(35(33,34)21-14-12-20(27)13-15-21)18-25(32)28-24(17-19-8-4-3-5-9-19)26-29-22-10-6-7-11-23(22)30-26/h2-15,24H,1,16-18H2,(H,28,32)(H,29,30)/t24-/m0/s1. The van der Waals surface area contributed by atoms with Crippen LogP contribution in [-0.4, -0.2) is 41.7 Å². The van der Waals surface area contributed by atoms with Crippen LogP contribution in [-0.2, 0) is 21.2 Å². The Morgan fingerprint density at radius 3 is 2.43 bits per heavy atom. The maximum absolute atomic E-state index is 13.2. The first-order chi connectivity index (χ1) is 16.9. The zero-order chi connectivity index (χ0) is 24.8. The number of nitrogens with one attached hydrogen (secondary N) is 2. The largest absolute Gasteiger partial charge is 0.345 e. The molecule has 1 atom stereocenters. The summed E-state index contributed by atoms with van der Waals surface area (Å²) in [6.07, 6.45) is 1.93. The molecule has 0 fully saturated rings. The van der Waals surface area contributed by atoms with Gasteiger partial charge in [0.25, 0.3) is 0 Å². The fraction of sp³-hybridized carbons (Fsp3) is 0.154. The molecule has 9 heteroatoms. The van der Waals surface area contributed by atoms with E-state index in [4.69, 9.17) is 11.6 Å². The van der Waals surface area contributed by atoms with E-state index in [0.29, 0.717) is 17.3 Å². The van der Waals surface area contributed by atoms with E-state index in [9.17, 15) is 13.2 Å². The fourth-order valence-electron chi connectivity index (χ4n) is 3.75. The molecule has 0 bridgehead atoms. The van der Waals surface area contributed by atoms with Crippen LogP contribution < -0.4 is 5.32 Å². The van der Waals surface area contributed by atoms with Gasteiger partial charge in [-0.25, -0.2) is 13.4 Å². The van der Waals surface area contributed by atoms with Gasteiger partial charge in [-0.3, -0.25) is 4.79 Å². The molecule has 7 nitrogen and oxygen atoms in total. The molecule has 180 valence electrons. The Kier molecular flexibility index (Phi) is 7.65. The second-order valence-corrected chi connectivity index (χ2v) is 10.4. The van der Waals surface area contributed by atoms with Crippen LogP contribution in [0, 0.1) is 0 Å². The van der Waals surface area contributed by atoms with Crippen molar-refractivity contribution in [3.63, 3.8) is 0 Å². The minimum absolute atomic E-state index is 0.0215.